The van der Waals surface area contributed by atoms with Crippen LogP contribution in [0.1, 0.15) is 60.7 Å². The summed E-state index contributed by atoms with van der Waals surface area (Å²) in [5.74, 6) is -0.340. The quantitative estimate of drug-likeness (QED) is 0.461. The van der Waals surface area contributed by atoms with Crippen LogP contribution in [0.15, 0.2) is 48.5 Å². The van der Waals surface area contributed by atoms with E-state index in [0.29, 0.717) is 29.1 Å². The van der Waals surface area contributed by atoms with E-state index in [2.05, 4.69) is 22.9 Å². The van der Waals surface area contributed by atoms with Crippen LogP contribution in [-0.2, 0) is 4.79 Å². The third kappa shape index (κ3) is 6.83. The highest BCUT2D eigenvalue weighted by Gasteiger charge is 2.27. The lowest BCUT2D eigenvalue weighted by molar-refractivity contribution is -0.124. The zero-order valence-corrected chi connectivity index (χ0v) is 19.2. The molecule has 2 aromatic carbocycles. The molecular formula is C25H33N3O4. The number of anilines is 1. The van der Waals surface area contributed by atoms with Crippen molar-refractivity contribution in [1.82, 2.24) is 10.6 Å². The minimum atomic E-state index is -0.658. The molecule has 0 fully saturated rings. The Kier molecular flexibility index (Phi) is 9.73. The summed E-state index contributed by atoms with van der Waals surface area (Å²) >= 11 is 0. The molecule has 2 rings (SSSR count). The van der Waals surface area contributed by atoms with Gasteiger partial charge in [-0.2, -0.15) is 0 Å². The Bertz CT molecular complexity index is 912. The molecule has 32 heavy (non-hydrogen) atoms. The molecular weight excluding hydrogens is 406 g/mol. The minimum absolute atomic E-state index is 0.0402. The summed E-state index contributed by atoms with van der Waals surface area (Å²) in [4.78, 5) is 38.4. The fourth-order valence-corrected chi connectivity index (χ4v) is 3.15. The van der Waals surface area contributed by atoms with Crippen LogP contribution < -0.4 is 20.7 Å². The number of benzene rings is 2. The zero-order chi connectivity index (χ0) is 23.5. The number of ether oxygens (including phenoxy) is 1. The largest absolute Gasteiger partial charge is 0.497 e. The van der Waals surface area contributed by atoms with Crippen LogP contribution in [0.5, 0.6) is 5.75 Å². The molecule has 0 bridgehead atoms. The second-order valence-corrected chi connectivity index (χ2v) is 7.71. The molecule has 7 nitrogen and oxygen atoms in total. The number of carbonyl (C=O) groups excluding carboxylic acids is 3. The van der Waals surface area contributed by atoms with Crippen LogP contribution in [0.3, 0.4) is 0 Å². The van der Waals surface area contributed by atoms with Crippen LogP contribution >= 0.6 is 0 Å². The third-order valence-corrected chi connectivity index (χ3v) is 5.38. The highest BCUT2D eigenvalue weighted by molar-refractivity contribution is 6.09. The number of rotatable bonds is 11. The van der Waals surface area contributed by atoms with Gasteiger partial charge in [0, 0.05) is 12.1 Å². The Balaban J connectivity index is 2.16. The van der Waals surface area contributed by atoms with Crippen LogP contribution in [0.4, 0.5) is 5.69 Å². The van der Waals surface area contributed by atoms with Gasteiger partial charge < -0.3 is 20.7 Å². The average Bonchev–Trinajstić information content (AvgIpc) is 2.82. The predicted molar refractivity (Wildman–Crippen MR) is 126 cm³/mol. The number of hydrogen-bond acceptors (Lipinski definition) is 4. The van der Waals surface area contributed by atoms with Crippen LogP contribution in [0.25, 0.3) is 0 Å². The van der Waals surface area contributed by atoms with Gasteiger partial charge >= 0.3 is 0 Å². The molecule has 3 N–H and O–H groups in total. The van der Waals surface area contributed by atoms with Gasteiger partial charge in [0.1, 0.15) is 11.8 Å². The fraction of sp³-hybridized carbons (Fsp3) is 0.400. The van der Waals surface area contributed by atoms with E-state index < -0.39 is 11.9 Å². The van der Waals surface area contributed by atoms with Crippen LogP contribution in [-0.4, -0.2) is 37.4 Å². The van der Waals surface area contributed by atoms with Crippen molar-refractivity contribution in [3.63, 3.8) is 0 Å². The number of methoxy groups -OCH3 is 1. The van der Waals surface area contributed by atoms with E-state index in [0.717, 1.165) is 19.3 Å². The van der Waals surface area contributed by atoms with Gasteiger partial charge in [-0.1, -0.05) is 45.7 Å². The summed E-state index contributed by atoms with van der Waals surface area (Å²) in [6, 6.07) is 12.8. The molecule has 7 heteroatoms. The molecule has 0 aliphatic heterocycles. The standard InChI is InChI=1S/C25H33N3O4/c1-5-7-16-26-25(31)22(17(3)6-2)28-24(30)20-10-8-9-11-21(20)27-23(29)18-12-14-19(32-4)15-13-18/h8-15,17,22H,5-7,16H2,1-4H3,(H,26,31)(H,27,29)(H,28,30)/t17-,22+/m0/s1. The third-order valence-electron chi connectivity index (χ3n) is 5.38. The van der Waals surface area contributed by atoms with E-state index in [-0.39, 0.29) is 17.7 Å². The van der Waals surface area contributed by atoms with Crippen molar-refractivity contribution >= 4 is 23.4 Å². The first-order valence-electron chi connectivity index (χ1n) is 11.0. The van der Waals surface area contributed by atoms with Gasteiger partial charge in [-0.3, -0.25) is 14.4 Å². The van der Waals surface area contributed by atoms with Gasteiger partial charge in [-0.05, 0) is 48.7 Å². The van der Waals surface area contributed by atoms with Crippen molar-refractivity contribution in [3.05, 3.63) is 59.7 Å². The lowest BCUT2D eigenvalue weighted by atomic mass is 9.97. The first-order chi connectivity index (χ1) is 15.4. The molecule has 0 saturated carbocycles. The first kappa shape index (κ1) is 24.9. The molecule has 2 atom stereocenters. The molecule has 0 radical (unpaired) electrons. The normalized spacial score (nSPS) is 12.4. The monoisotopic (exact) mass is 439 g/mol. The SMILES string of the molecule is CCCCNC(=O)[C@H](NC(=O)c1ccccc1NC(=O)c1ccc(OC)cc1)[C@@H](C)CC. The predicted octanol–water partition coefficient (Wildman–Crippen LogP) is 4.01. The lowest BCUT2D eigenvalue weighted by Crippen LogP contribution is -2.50. The molecule has 0 aliphatic carbocycles. The number of carbonyl (C=O) groups is 3. The van der Waals surface area contributed by atoms with Crippen molar-refractivity contribution in [2.45, 2.75) is 46.1 Å². The van der Waals surface area contributed by atoms with Gasteiger partial charge in [0.25, 0.3) is 11.8 Å². The minimum Gasteiger partial charge on any atom is -0.497 e. The molecule has 0 aliphatic rings. The summed E-state index contributed by atoms with van der Waals surface area (Å²) < 4.78 is 5.12. The molecule has 2 aromatic rings. The van der Waals surface area contributed by atoms with E-state index in [4.69, 9.17) is 4.74 Å². The van der Waals surface area contributed by atoms with Gasteiger partial charge in [0.2, 0.25) is 5.91 Å². The van der Waals surface area contributed by atoms with E-state index in [1.54, 1.807) is 55.6 Å². The Labute approximate surface area is 189 Å². The Hall–Kier alpha value is -3.35. The summed E-state index contributed by atoms with van der Waals surface area (Å²) in [7, 11) is 1.56. The van der Waals surface area contributed by atoms with Crippen molar-refractivity contribution in [2.24, 2.45) is 5.92 Å². The second-order valence-electron chi connectivity index (χ2n) is 7.71. The van der Waals surface area contributed by atoms with Crippen molar-refractivity contribution in [1.29, 1.82) is 0 Å². The number of hydrogen-bond donors (Lipinski definition) is 3. The maximum absolute atomic E-state index is 13.1. The number of unbranched alkanes of at least 4 members (excludes halogenated alkanes) is 1. The van der Waals surface area contributed by atoms with E-state index in [9.17, 15) is 14.4 Å². The fourth-order valence-electron chi connectivity index (χ4n) is 3.15. The highest BCUT2D eigenvalue weighted by atomic mass is 16.5. The molecule has 0 aromatic heterocycles. The summed E-state index contributed by atoms with van der Waals surface area (Å²) in [5, 5.41) is 8.55. The van der Waals surface area contributed by atoms with Gasteiger partial charge in [0.05, 0.1) is 18.4 Å². The highest BCUT2D eigenvalue weighted by Crippen LogP contribution is 2.19. The number of para-hydroxylation sites is 1. The lowest BCUT2D eigenvalue weighted by Gasteiger charge is -2.24. The second kappa shape index (κ2) is 12.5. The van der Waals surface area contributed by atoms with E-state index in [1.807, 2.05) is 13.8 Å². The Morgan fingerprint density at radius 3 is 2.28 bits per heavy atom. The molecule has 0 saturated heterocycles. The van der Waals surface area contributed by atoms with Gasteiger partial charge in [-0.15, -0.1) is 0 Å². The number of amides is 3. The van der Waals surface area contributed by atoms with Gasteiger partial charge in [0.15, 0.2) is 0 Å². The van der Waals surface area contributed by atoms with Gasteiger partial charge in [-0.25, -0.2) is 0 Å². The smallest absolute Gasteiger partial charge is 0.255 e. The number of nitrogens with one attached hydrogen (secondary N) is 3. The molecule has 0 unspecified atom stereocenters. The average molecular weight is 440 g/mol. The van der Waals surface area contributed by atoms with Crippen molar-refractivity contribution in [3.8, 4) is 5.75 Å². The van der Waals surface area contributed by atoms with Crippen molar-refractivity contribution in [2.75, 3.05) is 19.0 Å². The maximum atomic E-state index is 13.1. The molecule has 0 spiro atoms. The molecule has 0 heterocycles. The topological polar surface area (TPSA) is 96.5 Å². The summed E-state index contributed by atoms with van der Waals surface area (Å²) in [6.07, 6.45) is 2.59. The van der Waals surface area contributed by atoms with Crippen LogP contribution in [0, 0.1) is 5.92 Å². The Morgan fingerprint density at radius 2 is 1.66 bits per heavy atom. The Morgan fingerprint density at radius 1 is 0.969 bits per heavy atom. The van der Waals surface area contributed by atoms with Crippen LogP contribution in [0.2, 0.25) is 0 Å². The maximum Gasteiger partial charge on any atom is 0.255 e. The molecule has 3 amide bonds. The van der Waals surface area contributed by atoms with E-state index in [1.165, 1.54) is 0 Å². The molecule has 172 valence electrons. The first-order valence-corrected chi connectivity index (χ1v) is 11.0. The van der Waals surface area contributed by atoms with Crippen molar-refractivity contribution < 1.29 is 19.1 Å². The zero-order valence-electron chi connectivity index (χ0n) is 19.2. The summed E-state index contributed by atoms with van der Waals surface area (Å²) in [5.41, 5.74) is 1.11. The van der Waals surface area contributed by atoms with E-state index >= 15 is 0 Å². The summed E-state index contributed by atoms with van der Waals surface area (Å²) in [6.45, 7) is 6.54.